The van der Waals surface area contributed by atoms with Crippen LogP contribution in [0.2, 0.25) is 0 Å². The molecule has 1 aromatic heterocycles. The fraction of sp³-hybridized carbons (Fsp3) is 0.292. The fourth-order valence-electron chi connectivity index (χ4n) is 3.31. The zero-order chi connectivity index (χ0) is 24.7. The Kier molecular flexibility index (Phi) is 7.96. The van der Waals surface area contributed by atoms with Crippen molar-refractivity contribution in [3.8, 4) is 0 Å². The van der Waals surface area contributed by atoms with Crippen LogP contribution in [-0.4, -0.2) is 40.8 Å². The van der Waals surface area contributed by atoms with Gasteiger partial charge in [-0.3, -0.25) is 14.9 Å². The molecule has 0 bridgehead atoms. The Morgan fingerprint density at radius 2 is 2.00 bits per heavy atom. The number of aryl methyl sites for hydroxylation is 1. The Morgan fingerprint density at radius 1 is 1.24 bits per heavy atom. The van der Waals surface area contributed by atoms with Crippen LogP contribution in [-0.2, 0) is 16.0 Å². The van der Waals surface area contributed by atoms with Gasteiger partial charge in [-0.25, -0.2) is 10.2 Å². The van der Waals surface area contributed by atoms with E-state index >= 15 is 0 Å². The van der Waals surface area contributed by atoms with Crippen molar-refractivity contribution >= 4 is 34.8 Å². The molecule has 0 saturated carbocycles. The van der Waals surface area contributed by atoms with E-state index in [0.29, 0.717) is 11.1 Å². The number of aromatic amines is 1. The number of nitrogens with one attached hydrogen (secondary N) is 3. The molecule has 178 valence electrons. The highest BCUT2D eigenvalue weighted by atomic mass is 16.6. The van der Waals surface area contributed by atoms with E-state index < -0.39 is 23.0 Å². The summed E-state index contributed by atoms with van der Waals surface area (Å²) in [5.74, 6) is -0.403. The number of benzene rings is 2. The Hall–Kier alpha value is -4.21. The second-order valence-corrected chi connectivity index (χ2v) is 8.29. The van der Waals surface area contributed by atoms with Crippen LogP contribution in [0.4, 0.5) is 10.5 Å². The third-order valence-electron chi connectivity index (χ3n) is 5.07. The number of carbonyl (C=O) groups excluding carboxylic acids is 2. The minimum Gasteiger partial charge on any atom is -0.449 e. The molecule has 1 heterocycles. The molecule has 3 aromatic rings. The number of nitrogens with zero attached hydrogens (tertiary/aromatic N) is 2. The van der Waals surface area contributed by atoms with Crippen molar-refractivity contribution in [3.63, 3.8) is 0 Å². The first-order chi connectivity index (χ1) is 16.2. The molecule has 3 rings (SSSR count). The predicted octanol–water partition coefficient (Wildman–Crippen LogP) is 3.83. The van der Waals surface area contributed by atoms with E-state index in [1.807, 2.05) is 38.1 Å². The lowest BCUT2D eigenvalue weighted by Crippen LogP contribution is -2.47. The number of fused-ring (bicyclic) bond motifs is 1. The van der Waals surface area contributed by atoms with Crippen molar-refractivity contribution in [2.24, 2.45) is 11.0 Å². The molecule has 3 N–H and O–H groups in total. The van der Waals surface area contributed by atoms with Gasteiger partial charge in [-0.05, 0) is 24.5 Å². The van der Waals surface area contributed by atoms with Gasteiger partial charge in [0.2, 0.25) is 0 Å². The highest BCUT2D eigenvalue weighted by Crippen LogP contribution is 2.20. The maximum atomic E-state index is 12.9. The number of hydrazone groups is 1. The van der Waals surface area contributed by atoms with Crippen molar-refractivity contribution < 1.29 is 19.2 Å². The zero-order valence-corrected chi connectivity index (χ0v) is 19.2. The normalized spacial score (nSPS) is 12.1. The molecule has 0 aliphatic rings. The van der Waals surface area contributed by atoms with E-state index in [4.69, 9.17) is 4.74 Å². The van der Waals surface area contributed by atoms with Crippen LogP contribution in [0.25, 0.3) is 10.9 Å². The SMILES string of the molecule is Cc1ccc(/C=N\NC(=O)[C@@H](Cc2c[nH]c3ccccc23)NC(=O)OCC(C)C)cc1[N+](=O)[O-]. The van der Waals surface area contributed by atoms with E-state index in [1.54, 1.807) is 25.3 Å². The molecule has 1 atom stereocenters. The molecule has 0 radical (unpaired) electrons. The van der Waals surface area contributed by atoms with Crippen molar-refractivity contribution in [2.45, 2.75) is 33.2 Å². The molecule has 10 heteroatoms. The molecule has 10 nitrogen and oxygen atoms in total. The molecule has 2 aromatic carbocycles. The summed E-state index contributed by atoms with van der Waals surface area (Å²) >= 11 is 0. The first kappa shape index (κ1) is 24.4. The van der Waals surface area contributed by atoms with Crippen LogP contribution in [0, 0.1) is 23.0 Å². The van der Waals surface area contributed by atoms with Crippen LogP contribution >= 0.6 is 0 Å². The predicted molar refractivity (Wildman–Crippen MR) is 129 cm³/mol. The van der Waals surface area contributed by atoms with Gasteiger partial charge in [0.1, 0.15) is 6.04 Å². The molecular formula is C24H27N5O5. The van der Waals surface area contributed by atoms with Crippen LogP contribution in [0.15, 0.2) is 53.8 Å². The van der Waals surface area contributed by atoms with Gasteiger partial charge >= 0.3 is 6.09 Å². The van der Waals surface area contributed by atoms with Gasteiger partial charge in [-0.1, -0.05) is 44.2 Å². The number of rotatable bonds is 9. The smallest absolute Gasteiger partial charge is 0.407 e. The molecule has 0 aliphatic carbocycles. The molecule has 0 fully saturated rings. The first-order valence-electron chi connectivity index (χ1n) is 10.8. The summed E-state index contributed by atoms with van der Waals surface area (Å²) in [6.07, 6.45) is 2.61. The molecule has 0 saturated heterocycles. The number of ether oxygens (including phenoxy) is 1. The topological polar surface area (TPSA) is 139 Å². The summed E-state index contributed by atoms with van der Waals surface area (Å²) in [6, 6.07) is 11.3. The lowest BCUT2D eigenvalue weighted by molar-refractivity contribution is -0.385. The number of aromatic nitrogens is 1. The summed E-state index contributed by atoms with van der Waals surface area (Å²) < 4.78 is 5.17. The Bertz CT molecular complexity index is 1220. The third-order valence-corrected chi connectivity index (χ3v) is 5.07. The van der Waals surface area contributed by atoms with Gasteiger partial charge in [0.15, 0.2) is 0 Å². The molecule has 0 aliphatic heterocycles. The van der Waals surface area contributed by atoms with Gasteiger partial charge < -0.3 is 15.0 Å². The number of alkyl carbamates (subject to hydrolysis) is 1. The average Bonchev–Trinajstić information content (AvgIpc) is 3.21. The van der Waals surface area contributed by atoms with Crippen molar-refractivity contribution in [1.82, 2.24) is 15.7 Å². The number of amides is 2. The first-order valence-corrected chi connectivity index (χ1v) is 10.8. The summed E-state index contributed by atoms with van der Waals surface area (Å²) in [5, 5.41) is 18.6. The van der Waals surface area contributed by atoms with Gasteiger partial charge in [0, 0.05) is 40.7 Å². The second kappa shape index (κ2) is 11.1. The van der Waals surface area contributed by atoms with E-state index in [2.05, 4.69) is 20.8 Å². The highest BCUT2D eigenvalue weighted by Gasteiger charge is 2.23. The highest BCUT2D eigenvalue weighted by molar-refractivity contribution is 5.89. The number of para-hydroxylation sites is 1. The van der Waals surface area contributed by atoms with E-state index in [1.165, 1.54) is 12.3 Å². The summed E-state index contributed by atoms with van der Waals surface area (Å²) in [7, 11) is 0. The average molecular weight is 466 g/mol. The van der Waals surface area contributed by atoms with Gasteiger partial charge in [0.05, 0.1) is 17.7 Å². The van der Waals surface area contributed by atoms with Gasteiger partial charge in [-0.15, -0.1) is 0 Å². The van der Waals surface area contributed by atoms with E-state index in [-0.39, 0.29) is 24.6 Å². The number of nitro benzene ring substituents is 1. The van der Waals surface area contributed by atoms with Crippen molar-refractivity contribution in [3.05, 3.63) is 75.5 Å². The summed E-state index contributed by atoms with van der Waals surface area (Å²) in [6.45, 7) is 5.68. The van der Waals surface area contributed by atoms with Gasteiger partial charge in [0.25, 0.3) is 11.6 Å². The Morgan fingerprint density at radius 3 is 2.74 bits per heavy atom. The number of hydrogen-bond donors (Lipinski definition) is 3. The van der Waals surface area contributed by atoms with Gasteiger partial charge in [-0.2, -0.15) is 5.10 Å². The standard InChI is InChI=1S/C24H27N5O5/c1-15(2)14-34-24(31)27-21(11-18-13-25-20-7-5-4-6-19(18)20)23(30)28-26-12-17-9-8-16(3)22(10-17)29(32)33/h4-10,12-13,15,21,25H,11,14H2,1-3H3,(H,27,31)(H,28,30)/b26-12-/t21-/m1/s1. The van der Waals surface area contributed by atoms with Crippen molar-refractivity contribution in [1.29, 1.82) is 0 Å². The second-order valence-electron chi connectivity index (χ2n) is 8.29. The Balaban J connectivity index is 1.74. The monoisotopic (exact) mass is 465 g/mol. The maximum absolute atomic E-state index is 12.9. The number of H-pyrrole nitrogens is 1. The lowest BCUT2D eigenvalue weighted by Gasteiger charge is -2.17. The largest absolute Gasteiger partial charge is 0.449 e. The van der Waals surface area contributed by atoms with Crippen LogP contribution in [0.1, 0.15) is 30.5 Å². The van der Waals surface area contributed by atoms with Crippen LogP contribution < -0.4 is 10.7 Å². The molecule has 0 spiro atoms. The third kappa shape index (κ3) is 6.41. The lowest BCUT2D eigenvalue weighted by atomic mass is 10.0. The maximum Gasteiger partial charge on any atom is 0.407 e. The quantitative estimate of drug-likeness (QED) is 0.250. The molecular weight excluding hydrogens is 438 g/mol. The molecule has 34 heavy (non-hydrogen) atoms. The summed E-state index contributed by atoms with van der Waals surface area (Å²) in [4.78, 5) is 38.9. The molecule has 0 unspecified atom stereocenters. The van der Waals surface area contributed by atoms with Crippen LogP contribution in [0.3, 0.4) is 0 Å². The number of nitro groups is 1. The van der Waals surface area contributed by atoms with Crippen LogP contribution in [0.5, 0.6) is 0 Å². The minimum atomic E-state index is -0.955. The minimum absolute atomic E-state index is 0.0398. The zero-order valence-electron chi connectivity index (χ0n) is 19.2. The van der Waals surface area contributed by atoms with E-state index in [9.17, 15) is 19.7 Å². The molecule has 2 amide bonds. The van der Waals surface area contributed by atoms with Crippen molar-refractivity contribution in [2.75, 3.05) is 6.61 Å². The van der Waals surface area contributed by atoms with E-state index in [0.717, 1.165) is 16.5 Å². The Labute approximate surface area is 196 Å². The number of carbonyl (C=O) groups is 2. The fourth-order valence-corrected chi connectivity index (χ4v) is 3.31. The number of hydrogen-bond acceptors (Lipinski definition) is 6. The summed E-state index contributed by atoms with van der Waals surface area (Å²) in [5.41, 5.74) is 5.10.